The van der Waals surface area contributed by atoms with Crippen molar-refractivity contribution in [3.8, 4) is 5.75 Å². The summed E-state index contributed by atoms with van der Waals surface area (Å²) in [4.78, 5) is 0. The molecule has 124 valence electrons. The average Bonchev–Trinajstić information content (AvgIpc) is 2.55. The minimum absolute atomic E-state index is 0.157. The van der Waals surface area contributed by atoms with Crippen molar-refractivity contribution >= 4 is 5.69 Å². The molecular formula is C19H25FN2O. The molecule has 0 bridgehead atoms. The molecule has 0 saturated heterocycles. The van der Waals surface area contributed by atoms with Gasteiger partial charge in [-0.3, -0.25) is 0 Å². The van der Waals surface area contributed by atoms with E-state index < -0.39 is 0 Å². The zero-order valence-corrected chi connectivity index (χ0v) is 13.6. The summed E-state index contributed by atoms with van der Waals surface area (Å²) in [6.45, 7) is 4.14. The van der Waals surface area contributed by atoms with Crippen molar-refractivity contribution in [1.29, 1.82) is 0 Å². The molecule has 0 fully saturated rings. The first-order valence-electron chi connectivity index (χ1n) is 8.16. The van der Waals surface area contributed by atoms with Crippen molar-refractivity contribution in [3.05, 3.63) is 59.4 Å². The fraction of sp³-hybridized carbons (Fsp3) is 0.368. The average molecular weight is 316 g/mol. The van der Waals surface area contributed by atoms with Gasteiger partial charge < -0.3 is 15.8 Å². The third-order valence-electron chi connectivity index (χ3n) is 3.63. The van der Waals surface area contributed by atoms with Gasteiger partial charge in [0.1, 0.15) is 11.6 Å². The molecule has 0 amide bonds. The Labute approximate surface area is 137 Å². The Kier molecular flexibility index (Phi) is 6.88. The molecule has 0 atom stereocenters. The fourth-order valence-electron chi connectivity index (χ4n) is 2.38. The third kappa shape index (κ3) is 5.57. The lowest BCUT2D eigenvalue weighted by Crippen LogP contribution is -2.16. The number of hydrogen-bond donors (Lipinski definition) is 2. The van der Waals surface area contributed by atoms with Crippen LogP contribution in [0.15, 0.2) is 42.5 Å². The second kappa shape index (κ2) is 9.16. The van der Waals surface area contributed by atoms with Gasteiger partial charge in [0.2, 0.25) is 0 Å². The molecule has 3 N–H and O–H groups in total. The molecule has 0 spiro atoms. The molecule has 0 aromatic heterocycles. The molecule has 3 nitrogen and oxygen atoms in total. The van der Waals surface area contributed by atoms with E-state index in [1.807, 2.05) is 18.2 Å². The maximum atomic E-state index is 13.5. The number of anilines is 1. The van der Waals surface area contributed by atoms with Gasteiger partial charge in [0.05, 0.1) is 12.3 Å². The van der Waals surface area contributed by atoms with E-state index in [4.69, 9.17) is 10.5 Å². The number of nitrogens with one attached hydrogen (secondary N) is 1. The van der Waals surface area contributed by atoms with Gasteiger partial charge in [-0.05, 0) is 49.6 Å². The Morgan fingerprint density at radius 2 is 2.00 bits per heavy atom. The summed E-state index contributed by atoms with van der Waals surface area (Å²) in [5, 5.41) is 3.27. The topological polar surface area (TPSA) is 47.3 Å². The molecule has 2 aromatic carbocycles. The van der Waals surface area contributed by atoms with Crippen LogP contribution >= 0.6 is 0 Å². The molecule has 0 radical (unpaired) electrons. The molecule has 23 heavy (non-hydrogen) atoms. The molecule has 0 heterocycles. The number of aryl methyl sites for hydroxylation is 1. The van der Waals surface area contributed by atoms with Crippen molar-refractivity contribution in [2.45, 2.75) is 32.7 Å². The van der Waals surface area contributed by atoms with E-state index in [1.54, 1.807) is 12.1 Å². The van der Waals surface area contributed by atoms with Crippen LogP contribution in [0.2, 0.25) is 0 Å². The van der Waals surface area contributed by atoms with Crippen molar-refractivity contribution in [1.82, 2.24) is 5.32 Å². The summed E-state index contributed by atoms with van der Waals surface area (Å²) in [6, 6.07) is 12.8. The van der Waals surface area contributed by atoms with Gasteiger partial charge in [-0.25, -0.2) is 4.39 Å². The van der Waals surface area contributed by atoms with E-state index in [0.717, 1.165) is 31.6 Å². The van der Waals surface area contributed by atoms with E-state index in [0.29, 0.717) is 24.4 Å². The van der Waals surface area contributed by atoms with Crippen molar-refractivity contribution in [3.63, 3.8) is 0 Å². The smallest absolute Gasteiger partial charge is 0.142 e. The van der Waals surface area contributed by atoms with Crippen molar-refractivity contribution in [2.24, 2.45) is 0 Å². The zero-order chi connectivity index (χ0) is 16.5. The second-order valence-electron chi connectivity index (χ2n) is 5.59. The number of nitrogens with two attached hydrogens (primary N) is 1. The normalized spacial score (nSPS) is 10.7. The van der Waals surface area contributed by atoms with E-state index >= 15 is 0 Å². The summed E-state index contributed by atoms with van der Waals surface area (Å²) < 4.78 is 19.0. The highest BCUT2D eigenvalue weighted by molar-refractivity contribution is 5.54. The number of nitrogen functional groups attached to an aromatic ring is 1. The van der Waals surface area contributed by atoms with Crippen LogP contribution in [0.5, 0.6) is 5.75 Å². The van der Waals surface area contributed by atoms with Crippen LogP contribution in [0.25, 0.3) is 0 Å². The summed E-state index contributed by atoms with van der Waals surface area (Å²) in [6.07, 6.45) is 2.88. The molecule has 0 saturated carbocycles. The monoisotopic (exact) mass is 316 g/mol. The predicted octanol–water partition coefficient (Wildman–Crippen LogP) is 3.92. The summed E-state index contributed by atoms with van der Waals surface area (Å²) >= 11 is 0. The maximum Gasteiger partial charge on any atom is 0.142 e. The highest BCUT2D eigenvalue weighted by Gasteiger charge is 2.03. The number of halogens is 1. The van der Waals surface area contributed by atoms with Crippen molar-refractivity contribution < 1.29 is 9.13 Å². The Morgan fingerprint density at radius 3 is 2.74 bits per heavy atom. The Bertz CT molecular complexity index is 616. The largest absolute Gasteiger partial charge is 0.491 e. The van der Waals surface area contributed by atoms with E-state index in [9.17, 15) is 4.39 Å². The number of benzene rings is 2. The van der Waals surface area contributed by atoms with Crippen LogP contribution in [-0.4, -0.2) is 13.2 Å². The fourth-order valence-corrected chi connectivity index (χ4v) is 2.38. The molecular weight excluding hydrogens is 291 g/mol. The summed E-state index contributed by atoms with van der Waals surface area (Å²) in [5.74, 6) is 0.601. The van der Waals surface area contributed by atoms with E-state index in [-0.39, 0.29) is 5.82 Å². The van der Waals surface area contributed by atoms with Crippen LogP contribution in [0.4, 0.5) is 10.1 Å². The summed E-state index contributed by atoms with van der Waals surface area (Å²) in [5.41, 5.74) is 8.59. The number of rotatable bonds is 9. The van der Waals surface area contributed by atoms with Crippen LogP contribution in [-0.2, 0) is 13.0 Å². The van der Waals surface area contributed by atoms with Crippen LogP contribution in [0.1, 0.15) is 30.9 Å². The molecule has 0 aliphatic rings. The first kappa shape index (κ1) is 17.3. The zero-order valence-electron chi connectivity index (χ0n) is 13.6. The van der Waals surface area contributed by atoms with Gasteiger partial charge in [0.25, 0.3) is 0 Å². The van der Waals surface area contributed by atoms with Gasteiger partial charge in [0, 0.05) is 12.1 Å². The number of ether oxygens (including phenoxy) is 1. The quantitative estimate of drug-likeness (QED) is 0.544. The molecule has 2 aromatic rings. The number of hydrogen-bond acceptors (Lipinski definition) is 3. The summed E-state index contributed by atoms with van der Waals surface area (Å²) in [7, 11) is 0. The maximum absolute atomic E-state index is 13.5. The van der Waals surface area contributed by atoms with E-state index in [2.05, 4.69) is 18.3 Å². The standard InChI is InChI=1S/C19H25FN2O/c1-2-12-23-19-10-9-15(13-18(19)21)6-5-11-22-14-16-7-3-4-8-17(16)20/h3-4,7-10,13,22H,2,5-6,11-12,14,21H2,1H3. The molecule has 0 aliphatic carbocycles. The molecule has 0 aliphatic heterocycles. The minimum atomic E-state index is -0.157. The van der Waals surface area contributed by atoms with Gasteiger partial charge in [0.15, 0.2) is 0 Å². The highest BCUT2D eigenvalue weighted by atomic mass is 19.1. The first-order valence-corrected chi connectivity index (χ1v) is 8.16. The second-order valence-corrected chi connectivity index (χ2v) is 5.59. The molecule has 2 rings (SSSR count). The van der Waals surface area contributed by atoms with Crippen molar-refractivity contribution in [2.75, 3.05) is 18.9 Å². The minimum Gasteiger partial charge on any atom is -0.491 e. The highest BCUT2D eigenvalue weighted by Crippen LogP contribution is 2.23. The SMILES string of the molecule is CCCOc1ccc(CCCNCc2ccccc2F)cc1N. The third-order valence-corrected chi connectivity index (χ3v) is 3.63. The van der Waals surface area contributed by atoms with Crippen LogP contribution < -0.4 is 15.8 Å². The van der Waals surface area contributed by atoms with Gasteiger partial charge in [-0.2, -0.15) is 0 Å². The predicted molar refractivity (Wildman–Crippen MR) is 93.1 cm³/mol. The lowest BCUT2D eigenvalue weighted by molar-refractivity contribution is 0.319. The van der Waals surface area contributed by atoms with E-state index in [1.165, 1.54) is 11.6 Å². The van der Waals surface area contributed by atoms with Gasteiger partial charge in [-0.1, -0.05) is 31.2 Å². The lowest BCUT2D eigenvalue weighted by Gasteiger charge is -2.10. The van der Waals surface area contributed by atoms with Crippen LogP contribution in [0.3, 0.4) is 0 Å². The van der Waals surface area contributed by atoms with Gasteiger partial charge in [-0.15, -0.1) is 0 Å². The Hall–Kier alpha value is -2.07. The Balaban J connectivity index is 1.72. The van der Waals surface area contributed by atoms with Crippen LogP contribution in [0, 0.1) is 5.82 Å². The Morgan fingerprint density at radius 1 is 1.17 bits per heavy atom. The van der Waals surface area contributed by atoms with Gasteiger partial charge >= 0.3 is 0 Å². The molecule has 0 unspecified atom stereocenters. The molecule has 4 heteroatoms. The lowest BCUT2D eigenvalue weighted by atomic mass is 10.1. The first-order chi connectivity index (χ1) is 11.2.